The van der Waals surface area contributed by atoms with Gasteiger partial charge >= 0.3 is 6.03 Å². The van der Waals surface area contributed by atoms with Crippen molar-refractivity contribution in [2.75, 3.05) is 38.7 Å². The summed E-state index contributed by atoms with van der Waals surface area (Å²) in [7, 11) is 1.65. The Morgan fingerprint density at radius 2 is 2.04 bits per heavy atom. The number of aryl methyl sites for hydroxylation is 1. The molecule has 1 saturated heterocycles. The summed E-state index contributed by atoms with van der Waals surface area (Å²) < 4.78 is 10.8. The predicted molar refractivity (Wildman–Crippen MR) is 108 cm³/mol. The Morgan fingerprint density at radius 3 is 2.74 bits per heavy atom. The Bertz CT molecular complexity index is 739. The highest BCUT2D eigenvalue weighted by atomic mass is 16.5. The lowest BCUT2D eigenvalue weighted by Crippen LogP contribution is -2.42. The van der Waals surface area contributed by atoms with Crippen LogP contribution in [-0.2, 0) is 9.47 Å². The summed E-state index contributed by atoms with van der Waals surface area (Å²) in [6.07, 6.45) is 2.18. The molecule has 2 amide bonds. The third-order valence-electron chi connectivity index (χ3n) is 4.80. The quantitative estimate of drug-likeness (QED) is 0.792. The molecule has 1 aliphatic heterocycles. The van der Waals surface area contributed by atoms with Gasteiger partial charge in [0.1, 0.15) is 0 Å². The SMILES string of the molecule is COCCN(CC1CCCO1)C(=O)Nc1cccc(-c2ccc(C)cc2)c1. The molecule has 5 nitrogen and oxygen atoms in total. The molecule has 5 heteroatoms. The zero-order valence-electron chi connectivity index (χ0n) is 16.1. The van der Waals surface area contributed by atoms with Crippen LogP contribution in [-0.4, -0.2) is 50.4 Å². The molecule has 0 aromatic heterocycles. The van der Waals surface area contributed by atoms with Crippen molar-refractivity contribution < 1.29 is 14.3 Å². The molecule has 2 aromatic carbocycles. The fourth-order valence-electron chi connectivity index (χ4n) is 3.24. The van der Waals surface area contributed by atoms with Gasteiger partial charge in [-0.1, -0.05) is 42.0 Å². The zero-order valence-corrected chi connectivity index (χ0v) is 16.1. The van der Waals surface area contributed by atoms with Gasteiger partial charge < -0.3 is 19.7 Å². The van der Waals surface area contributed by atoms with Crippen LogP contribution in [0, 0.1) is 6.92 Å². The van der Waals surface area contributed by atoms with Crippen molar-refractivity contribution in [3.8, 4) is 11.1 Å². The Hall–Kier alpha value is -2.37. The summed E-state index contributed by atoms with van der Waals surface area (Å²) in [5, 5.41) is 3.02. The maximum absolute atomic E-state index is 12.8. The number of amides is 2. The van der Waals surface area contributed by atoms with Crippen LogP contribution in [0.2, 0.25) is 0 Å². The fraction of sp³-hybridized carbons (Fsp3) is 0.409. The van der Waals surface area contributed by atoms with Crippen molar-refractivity contribution in [3.63, 3.8) is 0 Å². The Balaban J connectivity index is 1.68. The van der Waals surface area contributed by atoms with Crippen molar-refractivity contribution in [1.29, 1.82) is 0 Å². The van der Waals surface area contributed by atoms with Crippen LogP contribution in [0.25, 0.3) is 11.1 Å². The third-order valence-corrected chi connectivity index (χ3v) is 4.80. The van der Waals surface area contributed by atoms with Gasteiger partial charge in [0.15, 0.2) is 0 Å². The van der Waals surface area contributed by atoms with Crippen LogP contribution >= 0.6 is 0 Å². The van der Waals surface area contributed by atoms with E-state index >= 15 is 0 Å². The lowest BCUT2D eigenvalue weighted by Gasteiger charge is -2.25. The van der Waals surface area contributed by atoms with Crippen LogP contribution in [0.5, 0.6) is 0 Å². The molecule has 1 unspecified atom stereocenters. The number of rotatable bonds is 7. The average molecular weight is 368 g/mol. The molecule has 0 saturated carbocycles. The standard InChI is InChI=1S/C22H28N2O3/c1-17-8-10-18(11-9-17)19-5-3-6-20(15-19)23-22(25)24(12-14-26-2)16-21-7-4-13-27-21/h3,5-6,8-11,15,21H,4,7,12-14,16H2,1-2H3,(H,23,25). The number of anilines is 1. The molecule has 3 rings (SSSR count). The molecule has 1 aliphatic rings. The molecule has 1 fully saturated rings. The first kappa shape index (κ1) is 19.4. The van der Waals surface area contributed by atoms with E-state index in [1.165, 1.54) is 5.56 Å². The summed E-state index contributed by atoms with van der Waals surface area (Å²) in [6, 6.07) is 16.2. The monoisotopic (exact) mass is 368 g/mol. The second-order valence-electron chi connectivity index (χ2n) is 6.95. The first-order valence-corrected chi connectivity index (χ1v) is 9.49. The van der Waals surface area contributed by atoms with E-state index in [0.29, 0.717) is 19.7 Å². The molecule has 0 spiro atoms. The number of hydrogen-bond donors (Lipinski definition) is 1. The van der Waals surface area contributed by atoms with Gasteiger partial charge in [-0.05, 0) is 43.0 Å². The first-order valence-electron chi connectivity index (χ1n) is 9.49. The van der Waals surface area contributed by atoms with Crippen molar-refractivity contribution in [2.45, 2.75) is 25.9 Å². The molecule has 27 heavy (non-hydrogen) atoms. The third kappa shape index (κ3) is 5.55. The number of benzene rings is 2. The van der Waals surface area contributed by atoms with Gasteiger partial charge in [0.25, 0.3) is 0 Å². The molecule has 144 valence electrons. The minimum absolute atomic E-state index is 0.117. The van der Waals surface area contributed by atoms with E-state index in [0.717, 1.165) is 36.3 Å². The normalized spacial score (nSPS) is 16.3. The van der Waals surface area contributed by atoms with E-state index in [2.05, 4.69) is 42.6 Å². The van der Waals surface area contributed by atoms with Crippen LogP contribution in [0.15, 0.2) is 48.5 Å². The predicted octanol–water partition coefficient (Wildman–Crippen LogP) is 4.32. The van der Waals surface area contributed by atoms with Crippen LogP contribution in [0.3, 0.4) is 0 Å². The van der Waals surface area contributed by atoms with Gasteiger partial charge in [0.05, 0.1) is 12.7 Å². The van der Waals surface area contributed by atoms with E-state index in [1.54, 1.807) is 12.0 Å². The van der Waals surface area contributed by atoms with Crippen molar-refractivity contribution in [2.24, 2.45) is 0 Å². The first-order chi connectivity index (χ1) is 13.2. The lowest BCUT2D eigenvalue weighted by atomic mass is 10.0. The van der Waals surface area contributed by atoms with Crippen molar-refractivity contribution in [1.82, 2.24) is 4.90 Å². The second kappa shape index (κ2) is 9.53. The molecule has 0 bridgehead atoms. The number of ether oxygens (including phenoxy) is 2. The maximum atomic E-state index is 12.8. The van der Waals surface area contributed by atoms with Crippen molar-refractivity contribution in [3.05, 3.63) is 54.1 Å². The Morgan fingerprint density at radius 1 is 1.22 bits per heavy atom. The summed E-state index contributed by atoms with van der Waals surface area (Å²) in [5.41, 5.74) is 4.22. The minimum atomic E-state index is -0.122. The van der Waals surface area contributed by atoms with Gasteiger partial charge in [0, 0.05) is 32.5 Å². The Kier molecular flexibility index (Phi) is 6.85. The van der Waals surface area contributed by atoms with Gasteiger partial charge in [-0.3, -0.25) is 0 Å². The van der Waals surface area contributed by atoms with Crippen LogP contribution in [0.1, 0.15) is 18.4 Å². The molecule has 0 aliphatic carbocycles. The number of nitrogens with zero attached hydrogens (tertiary/aromatic N) is 1. The van der Waals surface area contributed by atoms with E-state index in [9.17, 15) is 4.79 Å². The van der Waals surface area contributed by atoms with Crippen LogP contribution < -0.4 is 5.32 Å². The average Bonchev–Trinajstić information content (AvgIpc) is 3.19. The second-order valence-corrected chi connectivity index (χ2v) is 6.95. The lowest BCUT2D eigenvalue weighted by molar-refractivity contribution is 0.0747. The molecule has 1 atom stereocenters. The highest BCUT2D eigenvalue weighted by Crippen LogP contribution is 2.23. The number of hydrogen-bond acceptors (Lipinski definition) is 3. The molecule has 1 heterocycles. The summed E-state index contributed by atoms with van der Waals surface area (Å²) >= 11 is 0. The minimum Gasteiger partial charge on any atom is -0.383 e. The molecule has 2 aromatic rings. The molecular formula is C22H28N2O3. The topological polar surface area (TPSA) is 50.8 Å². The number of urea groups is 1. The number of carbonyl (C=O) groups excluding carboxylic acids is 1. The van der Waals surface area contributed by atoms with E-state index in [1.807, 2.05) is 18.2 Å². The van der Waals surface area contributed by atoms with Gasteiger partial charge in [-0.2, -0.15) is 0 Å². The highest BCUT2D eigenvalue weighted by molar-refractivity contribution is 5.90. The number of nitrogens with one attached hydrogen (secondary N) is 1. The van der Waals surface area contributed by atoms with E-state index < -0.39 is 0 Å². The smallest absolute Gasteiger partial charge is 0.322 e. The zero-order chi connectivity index (χ0) is 19.1. The van der Waals surface area contributed by atoms with E-state index in [4.69, 9.17) is 9.47 Å². The van der Waals surface area contributed by atoms with Crippen LogP contribution in [0.4, 0.5) is 10.5 Å². The summed E-state index contributed by atoms with van der Waals surface area (Å²) in [6.45, 7) is 4.49. The Labute approximate surface area is 161 Å². The fourth-order valence-corrected chi connectivity index (χ4v) is 3.24. The van der Waals surface area contributed by atoms with E-state index in [-0.39, 0.29) is 12.1 Å². The summed E-state index contributed by atoms with van der Waals surface area (Å²) in [5.74, 6) is 0. The number of methoxy groups -OCH3 is 1. The molecular weight excluding hydrogens is 340 g/mol. The largest absolute Gasteiger partial charge is 0.383 e. The maximum Gasteiger partial charge on any atom is 0.322 e. The molecule has 1 N–H and O–H groups in total. The molecule has 0 radical (unpaired) electrons. The number of carbonyl (C=O) groups is 1. The highest BCUT2D eigenvalue weighted by Gasteiger charge is 2.22. The van der Waals surface area contributed by atoms with Gasteiger partial charge in [-0.15, -0.1) is 0 Å². The van der Waals surface area contributed by atoms with Gasteiger partial charge in [0.2, 0.25) is 0 Å². The van der Waals surface area contributed by atoms with Crippen molar-refractivity contribution >= 4 is 11.7 Å². The summed E-state index contributed by atoms with van der Waals surface area (Å²) in [4.78, 5) is 14.6. The van der Waals surface area contributed by atoms with Gasteiger partial charge in [-0.25, -0.2) is 4.79 Å².